The number of hydrogen-bond acceptors (Lipinski definition) is 6. The number of hydrogen-bond donors (Lipinski definition) is 1. The van der Waals surface area contributed by atoms with E-state index >= 15 is 0 Å². The Morgan fingerprint density at radius 1 is 1.14 bits per heavy atom. The molecule has 0 bridgehead atoms. The Hall–Kier alpha value is -1.67. The molecule has 1 atom stereocenters. The second-order valence-corrected chi connectivity index (χ2v) is 7.71. The predicted molar refractivity (Wildman–Crippen MR) is 116 cm³/mol. The third-order valence-corrected chi connectivity index (χ3v) is 5.42. The molecule has 2 heterocycles. The van der Waals surface area contributed by atoms with E-state index in [1.807, 2.05) is 24.3 Å². The summed E-state index contributed by atoms with van der Waals surface area (Å²) in [6.45, 7) is 3.16. The number of benzene rings is 2. The van der Waals surface area contributed by atoms with Crippen LogP contribution in [0.4, 0.5) is 0 Å². The second-order valence-electron chi connectivity index (χ2n) is 6.85. The van der Waals surface area contributed by atoms with E-state index < -0.39 is 0 Å². The van der Waals surface area contributed by atoms with Crippen molar-refractivity contribution in [2.75, 3.05) is 27.1 Å². The monoisotopic (exact) mass is 485 g/mol. The van der Waals surface area contributed by atoms with Gasteiger partial charge in [0, 0.05) is 19.7 Å². The molecule has 2 aliphatic heterocycles. The molecule has 0 amide bonds. The SMILES string of the molecule is COc1cc(CNCC2CCCO2)cc(Br)c1OCc1ccc2c(c1)OCO2.Cl. The molecular formula is C21H25BrClNO5. The molecule has 0 aliphatic carbocycles. The maximum atomic E-state index is 6.04. The highest BCUT2D eigenvalue weighted by atomic mass is 79.9. The molecule has 2 aliphatic rings. The van der Waals surface area contributed by atoms with E-state index in [9.17, 15) is 0 Å². The van der Waals surface area contributed by atoms with Crippen LogP contribution < -0.4 is 24.3 Å². The highest BCUT2D eigenvalue weighted by Crippen LogP contribution is 2.38. The topological polar surface area (TPSA) is 58.2 Å². The van der Waals surface area contributed by atoms with Crippen LogP contribution >= 0.6 is 28.3 Å². The molecular weight excluding hydrogens is 462 g/mol. The van der Waals surface area contributed by atoms with E-state index in [4.69, 9.17) is 23.7 Å². The van der Waals surface area contributed by atoms with Gasteiger partial charge < -0.3 is 29.0 Å². The Balaban J connectivity index is 0.00000240. The van der Waals surface area contributed by atoms with Crippen molar-refractivity contribution in [2.24, 2.45) is 0 Å². The molecule has 1 saturated heterocycles. The van der Waals surface area contributed by atoms with Crippen LogP contribution in [-0.4, -0.2) is 33.2 Å². The zero-order chi connectivity index (χ0) is 19.3. The van der Waals surface area contributed by atoms with Gasteiger partial charge in [-0.2, -0.15) is 0 Å². The zero-order valence-electron chi connectivity index (χ0n) is 16.2. The Bertz CT molecular complexity index is 829. The fraction of sp³-hybridized carbons (Fsp3) is 0.429. The number of nitrogens with one attached hydrogen (secondary N) is 1. The highest BCUT2D eigenvalue weighted by molar-refractivity contribution is 9.10. The molecule has 1 N–H and O–H groups in total. The summed E-state index contributed by atoms with van der Waals surface area (Å²) in [5.41, 5.74) is 2.12. The van der Waals surface area contributed by atoms with Crippen LogP contribution in [0.25, 0.3) is 0 Å². The van der Waals surface area contributed by atoms with Crippen LogP contribution in [-0.2, 0) is 17.9 Å². The Morgan fingerprint density at radius 3 is 2.79 bits per heavy atom. The third-order valence-electron chi connectivity index (χ3n) is 4.83. The van der Waals surface area contributed by atoms with Gasteiger partial charge in [-0.3, -0.25) is 0 Å². The second kappa shape index (κ2) is 10.4. The molecule has 0 radical (unpaired) electrons. The van der Waals surface area contributed by atoms with Crippen LogP contribution in [0.2, 0.25) is 0 Å². The number of rotatable bonds is 8. The van der Waals surface area contributed by atoms with Crippen molar-refractivity contribution in [1.82, 2.24) is 5.32 Å². The molecule has 1 fully saturated rings. The lowest BCUT2D eigenvalue weighted by atomic mass is 10.2. The number of halogens is 2. The van der Waals surface area contributed by atoms with Crippen LogP contribution in [0.1, 0.15) is 24.0 Å². The molecule has 4 rings (SSSR count). The summed E-state index contributed by atoms with van der Waals surface area (Å²) in [6.07, 6.45) is 2.61. The summed E-state index contributed by atoms with van der Waals surface area (Å²) < 4.78 is 28.9. The molecule has 8 heteroatoms. The van der Waals surface area contributed by atoms with Gasteiger partial charge in [-0.15, -0.1) is 12.4 Å². The maximum Gasteiger partial charge on any atom is 0.231 e. The molecule has 1 unspecified atom stereocenters. The van der Waals surface area contributed by atoms with E-state index in [1.54, 1.807) is 7.11 Å². The maximum absolute atomic E-state index is 6.04. The van der Waals surface area contributed by atoms with E-state index in [-0.39, 0.29) is 19.2 Å². The van der Waals surface area contributed by atoms with Gasteiger partial charge in [0.15, 0.2) is 23.0 Å². The van der Waals surface area contributed by atoms with Gasteiger partial charge in [-0.1, -0.05) is 6.07 Å². The molecule has 158 valence electrons. The van der Waals surface area contributed by atoms with Gasteiger partial charge in [-0.25, -0.2) is 0 Å². The minimum atomic E-state index is 0. The molecule has 0 aromatic heterocycles. The summed E-state index contributed by atoms with van der Waals surface area (Å²) >= 11 is 3.62. The number of methoxy groups -OCH3 is 1. The normalized spacial score (nSPS) is 17.1. The molecule has 29 heavy (non-hydrogen) atoms. The summed E-state index contributed by atoms with van der Waals surface area (Å²) in [5, 5.41) is 3.46. The summed E-state index contributed by atoms with van der Waals surface area (Å²) in [5.74, 6) is 2.90. The first-order valence-corrected chi connectivity index (χ1v) is 10.2. The minimum absolute atomic E-state index is 0. The largest absolute Gasteiger partial charge is 0.493 e. The average Bonchev–Trinajstić information content (AvgIpc) is 3.38. The fourth-order valence-electron chi connectivity index (χ4n) is 3.38. The zero-order valence-corrected chi connectivity index (χ0v) is 18.6. The van der Waals surface area contributed by atoms with E-state index in [0.29, 0.717) is 24.2 Å². The number of fused-ring (bicyclic) bond motifs is 1. The average molecular weight is 487 g/mol. The number of ether oxygens (including phenoxy) is 5. The van der Waals surface area contributed by atoms with Crippen LogP contribution in [0, 0.1) is 0 Å². The first-order valence-electron chi connectivity index (χ1n) is 9.43. The van der Waals surface area contributed by atoms with Gasteiger partial charge in [-0.05, 0) is 64.2 Å². The van der Waals surface area contributed by atoms with Crippen molar-refractivity contribution >= 4 is 28.3 Å². The Morgan fingerprint density at radius 2 is 2.00 bits per heavy atom. The third kappa shape index (κ3) is 5.48. The van der Waals surface area contributed by atoms with Crippen molar-refractivity contribution in [3.05, 3.63) is 45.9 Å². The van der Waals surface area contributed by atoms with E-state index in [0.717, 1.165) is 59.6 Å². The van der Waals surface area contributed by atoms with Crippen molar-refractivity contribution in [3.8, 4) is 23.0 Å². The van der Waals surface area contributed by atoms with E-state index in [1.165, 1.54) is 0 Å². The molecule has 2 aromatic carbocycles. The summed E-state index contributed by atoms with van der Waals surface area (Å²) in [4.78, 5) is 0. The summed E-state index contributed by atoms with van der Waals surface area (Å²) in [7, 11) is 1.65. The van der Waals surface area contributed by atoms with Gasteiger partial charge >= 0.3 is 0 Å². The highest BCUT2D eigenvalue weighted by Gasteiger charge is 2.17. The lowest BCUT2D eigenvalue weighted by Crippen LogP contribution is -2.25. The molecule has 0 spiro atoms. The quantitative estimate of drug-likeness (QED) is 0.595. The van der Waals surface area contributed by atoms with E-state index in [2.05, 4.69) is 27.3 Å². The molecule has 6 nitrogen and oxygen atoms in total. The van der Waals surface area contributed by atoms with Crippen LogP contribution in [0.15, 0.2) is 34.8 Å². The van der Waals surface area contributed by atoms with Crippen LogP contribution in [0.5, 0.6) is 23.0 Å². The first kappa shape index (κ1) is 22.0. The smallest absolute Gasteiger partial charge is 0.231 e. The molecule has 0 saturated carbocycles. The van der Waals surface area contributed by atoms with Gasteiger partial charge in [0.2, 0.25) is 6.79 Å². The van der Waals surface area contributed by atoms with Gasteiger partial charge in [0.1, 0.15) is 6.61 Å². The Kier molecular flexibility index (Phi) is 7.89. The van der Waals surface area contributed by atoms with Gasteiger partial charge in [0.05, 0.1) is 17.7 Å². The van der Waals surface area contributed by atoms with Crippen molar-refractivity contribution in [3.63, 3.8) is 0 Å². The molecule has 2 aromatic rings. The fourth-order valence-corrected chi connectivity index (χ4v) is 3.99. The van der Waals surface area contributed by atoms with Gasteiger partial charge in [0.25, 0.3) is 0 Å². The van der Waals surface area contributed by atoms with Crippen molar-refractivity contribution in [1.29, 1.82) is 0 Å². The lowest BCUT2D eigenvalue weighted by molar-refractivity contribution is 0.110. The lowest BCUT2D eigenvalue weighted by Gasteiger charge is -2.16. The first-order chi connectivity index (χ1) is 13.7. The van der Waals surface area contributed by atoms with Crippen LogP contribution in [0.3, 0.4) is 0 Å². The predicted octanol–water partition coefficient (Wildman–Crippen LogP) is 4.46. The van der Waals surface area contributed by atoms with Crippen molar-refractivity contribution < 1.29 is 23.7 Å². The Labute approximate surface area is 185 Å². The minimum Gasteiger partial charge on any atom is -0.493 e. The summed E-state index contributed by atoms with van der Waals surface area (Å²) in [6, 6.07) is 9.86. The standard InChI is InChI=1S/C21H24BrNO5.ClH/c1-24-20-9-15(10-23-11-16-3-2-6-25-16)7-17(22)21(20)26-12-14-4-5-18-19(8-14)28-13-27-18;/h4-5,7-9,16,23H,2-3,6,10-13H2,1H3;1H. The van der Waals surface area contributed by atoms with Crippen molar-refractivity contribution in [2.45, 2.75) is 32.1 Å².